The monoisotopic (exact) mass is 226 g/mol. The smallest absolute Gasteiger partial charge is 0.0827 e. The van der Waals surface area contributed by atoms with Crippen LogP contribution in [0.15, 0.2) is 6.20 Å². The summed E-state index contributed by atoms with van der Waals surface area (Å²) in [5.74, 6) is 0. The second kappa shape index (κ2) is 5.96. The van der Waals surface area contributed by atoms with Gasteiger partial charge in [0.05, 0.1) is 11.3 Å². The van der Waals surface area contributed by atoms with E-state index < -0.39 is 5.60 Å². The minimum Gasteiger partial charge on any atom is -0.390 e. The lowest BCUT2D eigenvalue weighted by atomic mass is 10.1. The Labute approximate surface area is 96.6 Å². The van der Waals surface area contributed by atoms with Gasteiger partial charge in [-0.25, -0.2) is 0 Å². The molecule has 0 aliphatic rings. The van der Waals surface area contributed by atoms with Crippen molar-refractivity contribution in [3.63, 3.8) is 0 Å². The molecule has 0 saturated heterocycles. The highest BCUT2D eigenvalue weighted by Crippen LogP contribution is 2.09. The molecule has 0 unspecified atom stereocenters. The Morgan fingerprint density at radius 2 is 2.19 bits per heavy atom. The van der Waals surface area contributed by atoms with Crippen LogP contribution >= 0.6 is 0 Å². The Kier molecular flexibility index (Phi) is 4.89. The van der Waals surface area contributed by atoms with E-state index in [0.29, 0.717) is 13.0 Å². The van der Waals surface area contributed by atoms with Crippen LogP contribution in [0.4, 0.5) is 0 Å². The molecule has 1 rings (SSSR count). The van der Waals surface area contributed by atoms with Crippen molar-refractivity contribution < 1.29 is 5.11 Å². The van der Waals surface area contributed by atoms with E-state index in [1.807, 2.05) is 6.20 Å². The second-order valence-electron chi connectivity index (χ2n) is 4.78. The molecule has 1 aromatic heterocycles. The van der Waals surface area contributed by atoms with E-state index in [0.717, 1.165) is 31.5 Å². The number of rotatable bonds is 7. The van der Waals surface area contributed by atoms with E-state index in [-0.39, 0.29) is 0 Å². The van der Waals surface area contributed by atoms with Crippen LogP contribution in [-0.2, 0) is 13.0 Å². The van der Waals surface area contributed by atoms with Crippen molar-refractivity contribution in [1.29, 1.82) is 0 Å². The molecule has 0 radical (unpaired) electrons. The lowest BCUT2D eigenvalue weighted by molar-refractivity contribution is 0.0649. The van der Waals surface area contributed by atoms with Gasteiger partial charge in [-0.3, -0.25) is 4.68 Å². The van der Waals surface area contributed by atoms with Crippen LogP contribution in [-0.4, -0.2) is 32.2 Å². The van der Waals surface area contributed by atoms with Crippen LogP contribution < -0.4 is 5.73 Å². The summed E-state index contributed by atoms with van der Waals surface area (Å²) < 4.78 is 1.79. The molecule has 0 saturated carbocycles. The largest absolute Gasteiger partial charge is 0.390 e. The minimum atomic E-state index is -0.647. The van der Waals surface area contributed by atoms with E-state index in [4.69, 9.17) is 5.73 Å². The maximum Gasteiger partial charge on any atom is 0.0827 e. The lowest BCUT2D eigenvalue weighted by Gasteiger charge is -2.15. The van der Waals surface area contributed by atoms with Crippen molar-refractivity contribution in [2.75, 3.05) is 6.54 Å². The quantitative estimate of drug-likeness (QED) is 0.672. The van der Waals surface area contributed by atoms with E-state index in [1.54, 1.807) is 18.5 Å². The number of unbranched alkanes of at least 4 members (excludes halogenated alkanes) is 1. The van der Waals surface area contributed by atoms with Crippen LogP contribution in [0.25, 0.3) is 0 Å². The predicted octanol–water partition coefficient (Wildman–Crippen LogP) is 0.720. The van der Waals surface area contributed by atoms with Crippen molar-refractivity contribution in [3.8, 4) is 0 Å². The van der Waals surface area contributed by atoms with E-state index >= 15 is 0 Å². The third-order valence-corrected chi connectivity index (χ3v) is 2.43. The molecule has 1 aromatic rings. The zero-order valence-electron chi connectivity index (χ0n) is 10.2. The fourth-order valence-corrected chi connectivity index (χ4v) is 1.40. The SMILES string of the molecule is CC(C)(O)CCn1cc(CCCCN)nn1. The number of hydrogen-bond acceptors (Lipinski definition) is 4. The molecule has 0 amide bonds. The van der Waals surface area contributed by atoms with E-state index in [1.165, 1.54) is 0 Å². The van der Waals surface area contributed by atoms with Crippen molar-refractivity contribution >= 4 is 0 Å². The van der Waals surface area contributed by atoms with Gasteiger partial charge in [0.1, 0.15) is 0 Å². The number of aliphatic hydroxyl groups is 1. The van der Waals surface area contributed by atoms with Crippen LogP contribution in [0.1, 0.15) is 38.8 Å². The van der Waals surface area contributed by atoms with Gasteiger partial charge in [-0.1, -0.05) is 5.21 Å². The van der Waals surface area contributed by atoms with Gasteiger partial charge in [-0.15, -0.1) is 5.10 Å². The summed E-state index contributed by atoms with van der Waals surface area (Å²) in [6.45, 7) is 5.03. The van der Waals surface area contributed by atoms with Crippen molar-refractivity contribution in [2.45, 2.75) is 51.7 Å². The standard InChI is InChI=1S/C11H22N4O/c1-11(2,16)6-8-15-9-10(13-14-15)5-3-4-7-12/h9,16H,3-8,12H2,1-2H3. The van der Waals surface area contributed by atoms with Crippen molar-refractivity contribution in [3.05, 3.63) is 11.9 Å². The Hall–Kier alpha value is -0.940. The third kappa shape index (κ3) is 5.23. The summed E-state index contributed by atoms with van der Waals surface area (Å²) in [6.07, 6.45) is 5.64. The first kappa shape index (κ1) is 13.1. The topological polar surface area (TPSA) is 77.0 Å². The second-order valence-corrected chi connectivity index (χ2v) is 4.78. The molecule has 16 heavy (non-hydrogen) atoms. The zero-order chi connectivity index (χ0) is 12.0. The van der Waals surface area contributed by atoms with Crippen LogP contribution in [0.2, 0.25) is 0 Å². The van der Waals surface area contributed by atoms with Gasteiger partial charge >= 0.3 is 0 Å². The van der Waals surface area contributed by atoms with Gasteiger partial charge in [0.15, 0.2) is 0 Å². The lowest BCUT2D eigenvalue weighted by Crippen LogP contribution is -2.21. The molecule has 0 aliphatic carbocycles. The number of nitrogens with two attached hydrogens (primary N) is 1. The van der Waals surface area contributed by atoms with Crippen molar-refractivity contribution in [2.24, 2.45) is 5.73 Å². The van der Waals surface area contributed by atoms with Crippen LogP contribution in [0.3, 0.4) is 0 Å². The Bertz CT molecular complexity index is 303. The predicted molar refractivity (Wildman–Crippen MR) is 62.9 cm³/mol. The Morgan fingerprint density at radius 3 is 2.81 bits per heavy atom. The molecule has 0 aliphatic heterocycles. The molecule has 5 heteroatoms. The molecule has 0 atom stereocenters. The number of nitrogens with zero attached hydrogens (tertiary/aromatic N) is 3. The molecular formula is C11H22N4O. The molecule has 1 heterocycles. The summed E-state index contributed by atoms with van der Waals surface area (Å²) in [7, 11) is 0. The van der Waals surface area contributed by atoms with Gasteiger partial charge in [-0.05, 0) is 46.1 Å². The van der Waals surface area contributed by atoms with Crippen LogP contribution in [0.5, 0.6) is 0 Å². The molecular weight excluding hydrogens is 204 g/mol. The maximum absolute atomic E-state index is 9.58. The van der Waals surface area contributed by atoms with Gasteiger partial charge in [0.2, 0.25) is 0 Å². The summed E-state index contributed by atoms with van der Waals surface area (Å²) >= 11 is 0. The molecule has 5 nitrogen and oxygen atoms in total. The molecule has 3 N–H and O–H groups in total. The number of hydrogen-bond donors (Lipinski definition) is 2. The summed E-state index contributed by atoms with van der Waals surface area (Å²) in [6, 6.07) is 0. The normalized spacial score (nSPS) is 12.0. The van der Waals surface area contributed by atoms with Crippen molar-refractivity contribution in [1.82, 2.24) is 15.0 Å². The average molecular weight is 226 g/mol. The molecule has 0 spiro atoms. The van der Waals surface area contributed by atoms with Gasteiger partial charge in [0.25, 0.3) is 0 Å². The first-order valence-corrected chi connectivity index (χ1v) is 5.83. The van der Waals surface area contributed by atoms with Gasteiger partial charge in [0, 0.05) is 12.7 Å². The molecule has 0 aromatic carbocycles. The zero-order valence-corrected chi connectivity index (χ0v) is 10.2. The summed E-state index contributed by atoms with van der Waals surface area (Å²) in [5, 5.41) is 17.7. The summed E-state index contributed by atoms with van der Waals surface area (Å²) in [4.78, 5) is 0. The Morgan fingerprint density at radius 1 is 1.44 bits per heavy atom. The highest BCUT2D eigenvalue weighted by Gasteiger charge is 2.12. The van der Waals surface area contributed by atoms with Crippen LogP contribution in [0, 0.1) is 0 Å². The fraction of sp³-hybridized carbons (Fsp3) is 0.818. The summed E-state index contributed by atoms with van der Waals surface area (Å²) in [5.41, 5.74) is 5.78. The highest BCUT2D eigenvalue weighted by molar-refractivity contribution is 4.92. The molecule has 0 fully saturated rings. The van der Waals surface area contributed by atoms with E-state index in [2.05, 4.69) is 10.3 Å². The maximum atomic E-state index is 9.58. The number of aromatic nitrogens is 3. The van der Waals surface area contributed by atoms with Gasteiger partial charge in [-0.2, -0.15) is 0 Å². The van der Waals surface area contributed by atoms with E-state index in [9.17, 15) is 5.11 Å². The van der Waals surface area contributed by atoms with Gasteiger partial charge < -0.3 is 10.8 Å². The fourth-order valence-electron chi connectivity index (χ4n) is 1.40. The number of aryl methyl sites for hydroxylation is 2. The molecule has 92 valence electrons. The third-order valence-electron chi connectivity index (χ3n) is 2.43. The first-order valence-electron chi connectivity index (χ1n) is 5.83. The average Bonchev–Trinajstić information content (AvgIpc) is 2.62. The Balaban J connectivity index is 2.33. The highest BCUT2D eigenvalue weighted by atomic mass is 16.3. The molecule has 0 bridgehead atoms. The first-order chi connectivity index (χ1) is 7.51. The minimum absolute atomic E-state index is 0.647.